The van der Waals surface area contributed by atoms with E-state index >= 15 is 0 Å². The molecule has 110 valence electrons. The second-order valence-electron chi connectivity index (χ2n) is 4.79. The minimum Gasteiger partial charge on any atom is -0.383 e. The van der Waals surface area contributed by atoms with Crippen LogP contribution in [-0.4, -0.2) is 31.0 Å². The minimum atomic E-state index is 0.500. The van der Waals surface area contributed by atoms with Crippen molar-refractivity contribution in [1.29, 1.82) is 0 Å². The molecule has 1 N–H and O–H groups in total. The summed E-state index contributed by atoms with van der Waals surface area (Å²) in [7, 11) is 1.73. The number of thioether (sulfide) groups is 1. The zero-order chi connectivity index (χ0) is 14.1. The fourth-order valence-corrected chi connectivity index (χ4v) is 3.88. The first kappa shape index (κ1) is 17.0. The molecule has 0 saturated carbocycles. The molecule has 1 heterocycles. The van der Waals surface area contributed by atoms with Crippen molar-refractivity contribution in [2.75, 3.05) is 26.0 Å². The Morgan fingerprint density at radius 1 is 1.42 bits per heavy atom. The summed E-state index contributed by atoms with van der Waals surface area (Å²) >= 11 is 3.84. The molecule has 0 aliphatic carbocycles. The lowest BCUT2D eigenvalue weighted by Gasteiger charge is -2.06. The van der Waals surface area contributed by atoms with Crippen LogP contribution in [0.25, 0.3) is 0 Å². The summed E-state index contributed by atoms with van der Waals surface area (Å²) in [5.74, 6) is 2.77. The van der Waals surface area contributed by atoms with Crippen LogP contribution in [0.15, 0.2) is 0 Å². The van der Waals surface area contributed by atoms with E-state index in [-0.39, 0.29) is 0 Å². The molecular formula is C14H26N2OS2. The van der Waals surface area contributed by atoms with Crippen LogP contribution < -0.4 is 5.32 Å². The molecule has 0 saturated heterocycles. The fourth-order valence-electron chi connectivity index (χ4n) is 1.73. The summed E-state index contributed by atoms with van der Waals surface area (Å²) in [6, 6.07) is 0. The predicted octanol–water partition coefficient (Wildman–Crippen LogP) is 3.65. The second-order valence-corrected chi connectivity index (χ2v) is 7.07. The van der Waals surface area contributed by atoms with Crippen molar-refractivity contribution in [2.45, 2.75) is 45.4 Å². The Kier molecular flexibility index (Phi) is 8.70. The van der Waals surface area contributed by atoms with E-state index in [0.717, 1.165) is 25.4 Å². The number of nitrogens with one attached hydrogen (secondary N) is 1. The van der Waals surface area contributed by atoms with E-state index < -0.39 is 0 Å². The zero-order valence-electron chi connectivity index (χ0n) is 12.5. The van der Waals surface area contributed by atoms with Crippen molar-refractivity contribution in [2.24, 2.45) is 0 Å². The van der Waals surface area contributed by atoms with E-state index in [0.29, 0.717) is 5.92 Å². The first-order valence-electron chi connectivity index (χ1n) is 6.94. The Morgan fingerprint density at radius 2 is 2.21 bits per heavy atom. The highest BCUT2D eigenvalue weighted by Gasteiger charge is 2.13. The van der Waals surface area contributed by atoms with Crippen LogP contribution in [-0.2, 0) is 17.0 Å². The maximum Gasteiger partial charge on any atom is 0.103 e. The number of rotatable bonds is 10. The summed E-state index contributed by atoms with van der Waals surface area (Å²) in [5.41, 5.74) is 1.27. The first-order valence-corrected chi connectivity index (χ1v) is 8.92. The average Bonchev–Trinajstić information content (AvgIpc) is 2.78. The van der Waals surface area contributed by atoms with E-state index in [1.54, 1.807) is 7.11 Å². The number of nitrogens with zero attached hydrogens (tertiary/aromatic N) is 1. The van der Waals surface area contributed by atoms with Gasteiger partial charge in [0.05, 0.1) is 12.3 Å². The maximum atomic E-state index is 5.05. The molecule has 0 aromatic carbocycles. The largest absolute Gasteiger partial charge is 0.383 e. The van der Waals surface area contributed by atoms with Gasteiger partial charge in [-0.1, -0.05) is 20.8 Å². The number of aromatic nitrogens is 1. The summed E-state index contributed by atoms with van der Waals surface area (Å²) in [6.45, 7) is 9.22. The van der Waals surface area contributed by atoms with E-state index in [4.69, 9.17) is 9.72 Å². The second kappa shape index (κ2) is 9.75. The molecule has 0 atom stereocenters. The lowest BCUT2D eigenvalue weighted by molar-refractivity contribution is 0.199. The van der Waals surface area contributed by atoms with Crippen molar-refractivity contribution in [3.63, 3.8) is 0 Å². The molecular weight excluding hydrogens is 276 g/mol. The van der Waals surface area contributed by atoms with Crippen molar-refractivity contribution >= 4 is 23.1 Å². The molecule has 5 heteroatoms. The molecule has 0 radical (unpaired) electrons. The lowest BCUT2D eigenvalue weighted by Crippen LogP contribution is -2.18. The third-order valence-corrected chi connectivity index (χ3v) is 5.09. The van der Waals surface area contributed by atoms with Crippen molar-refractivity contribution in [3.05, 3.63) is 15.6 Å². The standard InChI is InChI=1S/C14H26N2OS2/c1-5-8-18-10-13-16-14(11(2)3)12(19-13)9-15-6-7-17-4/h11,15H,5-10H2,1-4H3. The number of ether oxygens (including phenoxy) is 1. The average molecular weight is 303 g/mol. The highest BCUT2D eigenvalue weighted by atomic mass is 32.2. The molecule has 0 aliphatic heterocycles. The van der Waals surface area contributed by atoms with Gasteiger partial charge in [-0.2, -0.15) is 11.8 Å². The quantitative estimate of drug-likeness (QED) is 0.669. The van der Waals surface area contributed by atoms with Crippen molar-refractivity contribution in [1.82, 2.24) is 10.3 Å². The van der Waals surface area contributed by atoms with Gasteiger partial charge in [-0.25, -0.2) is 4.98 Å². The summed E-state index contributed by atoms with van der Waals surface area (Å²) in [5, 5.41) is 4.69. The number of hydrogen-bond acceptors (Lipinski definition) is 5. The highest BCUT2D eigenvalue weighted by Crippen LogP contribution is 2.27. The van der Waals surface area contributed by atoms with E-state index in [1.165, 1.54) is 27.8 Å². The van der Waals surface area contributed by atoms with E-state index in [9.17, 15) is 0 Å². The normalized spacial score (nSPS) is 11.4. The Labute approximate surface area is 125 Å². The monoisotopic (exact) mass is 302 g/mol. The third kappa shape index (κ3) is 6.25. The maximum absolute atomic E-state index is 5.05. The zero-order valence-corrected chi connectivity index (χ0v) is 14.1. The first-order chi connectivity index (χ1) is 9.19. The van der Waals surface area contributed by atoms with Crippen LogP contribution >= 0.6 is 23.1 Å². The Morgan fingerprint density at radius 3 is 2.84 bits per heavy atom. The molecule has 3 nitrogen and oxygen atoms in total. The van der Waals surface area contributed by atoms with Crippen LogP contribution in [0.5, 0.6) is 0 Å². The summed E-state index contributed by atoms with van der Waals surface area (Å²) < 4.78 is 5.05. The van der Waals surface area contributed by atoms with Crippen LogP contribution in [0.1, 0.15) is 48.7 Å². The Balaban J connectivity index is 2.56. The van der Waals surface area contributed by atoms with Gasteiger partial charge in [0.15, 0.2) is 0 Å². The Hall–Kier alpha value is -0.100. The molecule has 0 amide bonds. The van der Waals surface area contributed by atoms with Gasteiger partial charge in [0.25, 0.3) is 0 Å². The summed E-state index contributed by atoms with van der Waals surface area (Å²) in [4.78, 5) is 6.19. The SMILES string of the molecule is CCCSCc1nc(C(C)C)c(CNCCOC)s1. The van der Waals surface area contributed by atoms with Crippen LogP contribution in [0.4, 0.5) is 0 Å². The van der Waals surface area contributed by atoms with E-state index in [1.807, 2.05) is 23.1 Å². The van der Waals surface area contributed by atoms with Gasteiger partial charge in [0.1, 0.15) is 5.01 Å². The molecule has 1 aromatic rings. The van der Waals surface area contributed by atoms with Crippen LogP contribution in [0.2, 0.25) is 0 Å². The van der Waals surface area contributed by atoms with Crippen molar-refractivity contribution < 1.29 is 4.74 Å². The number of thiazole rings is 1. The van der Waals surface area contributed by atoms with Gasteiger partial charge in [-0.3, -0.25) is 0 Å². The smallest absolute Gasteiger partial charge is 0.103 e. The molecule has 0 aliphatic rings. The van der Waals surface area contributed by atoms with Crippen molar-refractivity contribution in [3.8, 4) is 0 Å². The Bertz CT molecular complexity index is 353. The van der Waals surface area contributed by atoms with Gasteiger partial charge in [-0.15, -0.1) is 11.3 Å². The van der Waals surface area contributed by atoms with E-state index in [2.05, 4.69) is 26.1 Å². The van der Waals surface area contributed by atoms with Gasteiger partial charge < -0.3 is 10.1 Å². The highest BCUT2D eigenvalue weighted by molar-refractivity contribution is 7.98. The van der Waals surface area contributed by atoms with Gasteiger partial charge in [0, 0.05) is 30.8 Å². The lowest BCUT2D eigenvalue weighted by atomic mass is 10.1. The van der Waals surface area contributed by atoms with Gasteiger partial charge >= 0.3 is 0 Å². The third-order valence-electron chi connectivity index (χ3n) is 2.66. The topological polar surface area (TPSA) is 34.2 Å². The molecule has 0 fully saturated rings. The minimum absolute atomic E-state index is 0.500. The molecule has 0 unspecified atom stereocenters. The van der Waals surface area contributed by atoms with Gasteiger partial charge in [0.2, 0.25) is 0 Å². The van der Waals surface area contributed by atoms with Crippen LogP contribution in [0.3, 0.4) is 0 Å². The number of methoxy groups -OCH3 is 1. The molecule has 0 spiro atoms. The predicted molar refractivity (Wildman–Crippen MR) is 86.2 cm³/mol. The summed E-state index contributed by atoms with van der Waals surface area (Å²) in [6.07, 6.45) is 1.23. The fraction of sp³-hybridized carbons (Fsp3) is 0.786. The molecule has 0 bridgehead atoms. The number of hydrogen-bond donors (Lipinski definition) is 1. The van der Waals surface area contributed by atoms with Gasteiger partial charge in [-0.05, 0) is 18.1 Å². The van der Waals surface area contributed by atoms with Crippen LogP contribution in [0, 0.1) is 0 Å². The molecule has 1 rings (SSSR count). The molecule has 1 aromatic heterocycles. The molecule has 19 heavy (non-hydrogen) atoms.